The fourth-order valence-electron chi connectivity index (χ4n) is 1.78. The van der Waals surface area contributed by atoms with Crippen LogP contribution in [0.4, 0.5) is 5.69 Å². The molecule has 0 unspecified atom stereocenters. The molecule has 0 aliphatic heterocycles. The Morgan fingerprint density at radius 2 is 2.18 bits per heavy atom. The van der Waals surface area contributed by atoms with Crippen molar-refractivity contribution in [2.45, 2.75) is 19.3 Å². The van der Waals surface area contributed by atoms with Crippen LogP contribution < -0.4 is 5.32 Å². The maximum absolute atomic E-state index is 11.3. The molecule has 86 valence electrons. The summed E-state index contributed by atoms with van der Waals surface area (Å²) in [5.41, 5.74) is 2.02. The second-order valence-electron chi connectivity index (χ2n) is 3.92. The van der Waals surface area contributed by atoms with Gasteiger partial charge >= 0.3 is 0 Å². The van der Waals surface area contributed by atoms with Crippen molar-refractivity contribution < 1.29 is 4.79 Å². The van der Waals surface area contributed by atoms with Gasteiger partial charge in [0.25, 0.3) is 0 Å². The lowest BCUT2D eigenvalue weighted by atomic mass is 10.0. The summed E-state index contributed by atoms with van der Waals surface area (Å²) in [6.07, 6.45) is 3.88. The number of anilines is 1. The predicted octanol–water partition coefficient (Wildman–Crippen LogP) is 3.26. The fraction of sp³-hybridized carbons (Fsp3) is 0.231. The number of allylic oxidation sites excluding steroid dienone is 2. The lowest BCUT2D eigenvalue weighted by Gasteiger charge is -2.15. The molecular formula is C13H11ClN2O. The lowest BCUT2D eigenvalue weighted by Crippen LogP contribution is -2.09. The Balaban J connectivity index is 2.27. The molecule has 1 aromatic rings. The average Bonchev–Trinajstić information content (AvgIpc) is 2.29. The van der Waals surface area contributed by atoms with Crippen molar-refractivity contribution in [3.63, 3.8) is 0 Å². The van der Waals surface area contributed by atoms with Crippen molar-refractivity contribution >= 4 is 23.1 Å². The number of nitrogens with zero attached hydrogens (tertiary/aromatic N) is 1. The maximum Gasteiger partial charge on any atom is 0.157 e. The van der Waals surface area contributed by atoms with E-state index in [-0.39, 0.29) is 5.78 Å². The topological polar surface area (TPSA) is 52.9 Å². The molecule has 3 nitrogen and oxygen atoms in total. The third-order valence-electron chi connectivity index (χ3n) is 2.60. The molecule has 0 radical (unpaired) electrons. The van der Waals surface area contributed by atoms with Crippen LogP contribution in [0.15, 0.2) is 30.0 Å². The molecule has 1 aliphatic carbocycles. The van der Waals surface area contributed by atoms with Gasteiger partial charge in [0.1, 0.15) is 6.07 Å². The second kappa shape index (κ2) is 5.03. The molecule has 17 heavy (non-hydrogen) atoms. The molecule has 1 aliphatic rings. The minimum atomic E-state index is 0.124. The molecule has 0 saturated heterocycles. The maximum atomic E-state index is 11.3. The van der Waals surface area contributed by atoms with Gasteiger partial charge in [-0.25, -0.2) is 0 Å². The highest BCUT2D eigenvalue weighted by Gasteiger charge is 2.11. The SMILES string of the molecule is N#Cc1ccc(Cl)cc1NC1=CC(=O)CCC1. The lowest BCUT2D eigenvalue weighted by molar-refractivity contribution is -0.115. The number of benzene rings is 1. The molecule has 0 bridgehead atoms. The van der Waals surface area contributed by atoms with Crippen LogP contribution in [0.3, 0.4) is 0 Å². The zero-order valence-electron chi connectivity index (χ0n) is 9.16. The third-order valence-corrected chi connectivity index (χ3v) is 2.84. The van der Waals surface area contributed by atoms with Crippen molar-refractivity contribution in [3.8, 4) is 6.07 Å². The summed E-state index contributed by atoms with van der Waals surface area (Å²) in [4.78, 5) is 11.3. The van der Waals surface area contributed by atoms with Crippen LogP contribution in [0.25, 0.3) is 0 Å². The number of ketones is 1. The Hall–Kier alpha value is -1.79. The van der Waals surface area contributed by atoms with E-state index < -0.39 is 0 Å². The van der Waals surface area contributed by atoms with Gasteiger partial charge in [-0.3, -0.25) is 4.79 Å². The van der Waals surface area contributed by atoms with Crippen molar-refractivity contribution in [3.05, 3.63) is 40.6 Å². The first-order chi connectivity index (χ1) is 8.19. The monoisotopic (exact) mass is 246 g/mol. The van der Waals surface area contributed by atoms with Crippen molar-refractivity contribution in [2.75, 3.05) is 5.32 Å². The highest BCUT2D eigenvalue weighted by molar-refractivity contribution is 6.30. The average molecular weight is 247 g/mol. The molecular weight excluding hydrogens is 236 g/mol. The Morgan fingerprint density at radius 1 is 1.35 bits per heavy atom. The molecule has 0 spiro atoms. The van der Waals surface area contributed by atoms with Gasteiger partial charge in [0, 0.05) is 23.2 Å². The van der Waals surface area contributed by atoms with Gasteiger partial charge in [0.15, 0.2) is 5.78 Å². The van der Waals surface area contributed by atoms with Crippen molar-refractivity contribution in [1.29, 1.82) is 5.26 Å². The predicted molar refractivity (Wildman–Crippen MR) is 66.7 cm³/mol. The van der Waals surface area contributed by atoms with Crippen molar-refractivity contribution in [1.82, 2.24) is 0 Å². The number of hydrogen-bond acceptors (Lipinski definition) is 3. The van der Waals surface area contributed by atoms with Crippen LogP contribution in [0, 0.1) is 11.3 Å². The van der Waals surface area contributed by atoms with E-state index in [1.165, 1.54) is 0 Å². The van der Waals surface area contributed by atoms with E-state index in [0.717, 1.165) is 18.5 Å². The number of rotatable bonds is 2. The van der Waals surface area contributed by atoms with E-state index in [1.54, 1.807) is 24.3 Å². The largest absolute Gasteiger partial charge is 0.358 e. The van der Waals surface area contributed by atoms with Gasteiger partial charge in [-0.15, -0.1) is 0 Å². The van der Waals surface area contributed by atoms with Gasteiger partial charge in [0.2, 0.25) is 0 Å². The Morgan fingerprint density at radius 3 is 2.88 bits per heavy atom. The van der Waals surface area contributed by atoms with Crippen LogP contribution in [-0.2, 0) is 4.79 Å². The minimum absolute atomic E-state index is 0.124. The van der Waals surface area contributed by atoms with Crippen molar-refractivity contribution in [2.24, 2.45) is 0 Å². The summed E-state index contributed by atoms with van der Waals surface area (Å²) in [6.45, 7) is 0. The van der Waals surface area contributed by atoms with Crippen LogP contribution in [-0.4, -0.2) is 5.78 Å². The highest BCUT2D eigenvalue weighted by Crippen LogP contribution is 2.24. The molecule has 2 rings (SSSR count). The zero-order chi connectivity index (χ0) is 12.3. The van der Waals surface area contributed by atoms with Crippen LogP contribution in [0.5, 0.6) is 0 Å². The molecule has 1 aromatic carbocycles. The van der Waals surface area contributed by atoms with E-state index in [4.69, 9.17) is 16.9 Å². The first-order valence-corrected chi connectivity index (χ1v) is 5.77. The fourth-order valence-corrected chi connectivity index (χ4v) is 1.95. The van der Waals surface area contributed by atoms with E-state index in [2.05, 4.69) is 11.4 Å². The highest BCUT2D eigenvalue weighted by atomic mass is 35.5. The Kier molecular flexibility index (Phi) is 3.46. The van der Waals surface area contributed by atoms with E-state index in [0.29, 0.717) is 22.7 Å². The summed E-state index contributed by atoms with van der Waals surface area (Å²) in [5.74, 6) is 0.124. The van der Waals surface area contributed by atoms with Crippen LogP contribution in [0.2, 0.25) is 5.02 Å². The quantitative estimate of drug-likeness (QED) is 0.871. The minimum Gasteiger partial charge on any atom is -0.358 e. The number of carbonyl (C=O) groups is 1. The first-order valence-electron chi connectivity index (χ1n) is 5.39. The molecule has 0 aromatic heterocycles. The number of halogens is 1. The summed E-state index contributed by atoms with van der Waals surface area (Å²) in [5, 5.41) is 12.6. The molecule has 0 fully saturated rings. The second-order valence-corrected chi connectivity index (χ2v) is 4.35. The number of hydrogen-bond donors (Lipinski definition) is 1. The van der Waals surface area contributed by atoms with E-state index in [1.807, 2.05) is 0 Å². The molecule has 0 heterocycles. The summed E-state index contributed by atoms with van der Waals surface area (Å²) >= 11 is 5.88. The molecule has 0 amide bonds. The van der Waals surface area contributed by atoms with Gasteiger partial charge in [0.05, 0.1) is 11.3 Å². The number of nitrogens with one attached hydrogen (secondary N) is 1. The summed E-state index contributed by atoms with van der Waals surface area (Å²) in [7, 11) is 0. The van der Waals surface area contributed by atoms with Gasteiger partial charge in [-0.2, -0.15) is 5.26 Å². The number of nitriles is 1. The number of carbonyl (C=O) groups excluding carboxylic acids is 1. The van der Waals surface area contributed by atoms with E-state index in [9.17, 15) is 4.79 Å². The Bertz CT molecular complexity index is 529. The van der Waals surface area contributed by atoms with Gasteiger partial charge in [-0.05, 0) is 31.0 Å². The third kappa shape index (κ3) is 2.86. The van der Waals surface area contributed by atoms with E-state index >= 15 is 0 Å². The Labute approximate surface area is 105 Å². The molecule has 0 atom stereocenters. The van der Waals surface area contributed by atoms with Gasteiger partial charge in [-0.1, -0.05) is 11.6 Å². The van der Waals surface area contributed by atoms with Gasteiger partial charge < -0.3 is 5.32 Å². The molecule has 1 N–H and O–H groups in total. The standard InChI is InChI=1S/C13H11ClN2O/c14-10-5-4-9(8-15)13(6-10)16-11-2-1-3-12(17)7-11/h4-7,16H,1-3H2. The summed E-state index contributed by atoms with van der Waals surface area (Å²) in [6, 6.07) is 7.12. The normalized spacial score (nSPS) is 15.1. The van der Waals surface area contributed by atoms with Crippen LogP contribution in [0.1, 0.15) is 24.8 Å². The molecule has 0 saturated carbocycles. The zero-order valence-corrected chi connectivity index (χ0v) is 9.92. The summed E-state index contributed by atoms with van der Waals surface area (Å²) < 4.78 is 0. The first kappa shape index (κ1) is 11.7. The molecule has 4 heteroatoms. The smallest absolute Gasteiger partial charge is 0.157 e. The van der Waals surface area contributed by atoms with Crippen LogP contribution >= 0.6 is 11.6 Å².